The molecule has 2 aromatic carbocycles. The number of aromatic nitrogens is 1. The number of pyridine rings is 1. The zero-order valence-corrected chi connectivity index (χ0v) is 14.3. The van der Waals surface area contributed by atoms with Gasteiger partial charge in [0, 0.05) is 18.5 Å². The molecule has 3 rings (SSSR count). The highest BCUT2D eigenvalue weighted by atomic mass is 19.1. The number of hydrogen-bond acceptors (Lipinski definition) is 3. The van der Waals surface area contributed by atoms with Crippen LogP contribution in [0.15, 0.2) is 53.3 Å². The van der Waals surface area contributed by atoms with Crippen molar-refractivity contribution in [1.82, 2.24) is 9.88 Å². The van der Waals surface area contributed by atoms with E-state index in [-0.39, 0.29) is 23.7 Å². The molecule has 0 aliphatic heterocycles. The third kappa shape index (κ3) is 3.31. The van der Waals surface area contributed by atoms with Crippen LogP contribution in [0.3, 0.4) is 0 Å². The molecule has 0 aliphatic rings. The number of benzene rings is 2. The van der Waals surface area contributed by atoms with Crippen LogP contribution < -0.4 is 10.9 Å². The number of fused-ring (bicyclic) bond motifs is 1. The Kier molecular flexibility index (Phi) is 5.02. The molecular weight excluding hydrogens is 335 g/mol. The van der Waals surface area contributed by atoms with Crippen LogP contribution in [-0.2, 0) is 13.1 Å². The smallest absolute Gasteiger partial charge is 0.267 e. The molecule has 1 amide bonds. The Hall–Kier alpha value is -3.15. The maximum atomic E-state index is 13.0. The molecule has 3 aromatic rings. The first kappa shape index (κ1) is 17.7. The van der Waals surface area contributed by atoms with Crippen LogP contribution in [0.1, 0.15) is 29.3 Å². The van der Waals surface area contributed by atoms with Gasteiger partial charge >= 0.3 is 0 Å². The highest BCUT2D eigenvalue weighted by Crippen LogP contribution is 2.26. The van der Waals surface area contributed by atoms with Gasteiger partial charge in [0.05, 0.1) is 5.52 Å². The predicted octanol–water partition coefficient (Wildman–Crippen LogP) is 3.19. The Labute approximate surface area is 149 Å². The molecule has 2 N–H and O–H groups in total. The minimum absolute atomic E-state index is 0.124. The predicted molar refractivity (Wildman–Crippen MR) is 97.7 cm³/mol. The number of para-hydroxylation sites is 1. The van der Waals surface area contributed by atoms with Gasteiger partial charge in [-0.05, 0) is 36.2 Å². The van der Waals surface area contributed by atoms with Crippen LogP contribution in [0, 0.1) is 5.82 Å². The Morgan fingerprint density at radius 2 is 1.85 bits per heavy atom. The summed E-state index contributed by atoms with van der Waals surface area (Å²) < 4.78 is 14.5. The molecule has 0 saturated carbocycles. The number of halogens is 1. The SMILES string of the molecule is CCCn1c(=O)c(C(=O)NCc2ccc(F)cc2)c(O)c2ccccc21. The van der Waals surface area contributed by atoms with Gasteiger partial charge in [-0.3, -0.25) is 9.59 Å². The summed E-state index contributed by atoms with van der Waals surface area (Å²) >= 11 is 0. The molecule has 0 unspecified atom stereocenters. The zero-order valence-electron chi connectivity index (χ0n) is 14.3. The minimum Gasteiger partial charge on any atom is -0.506 e. The molecule has 5 nitrogen and oxygen atoms in total. The molecule has 0 radical (unpaired) electrons. The molecule has 0 bridgehead atoms. The van der Waals surface area contributed by atoms with E-state index in [4.69, 9.17) is 0 Å². The van der Waals surface area contributed by atoms with Gasteiger partial charge in [-0.15, -0.1) is 0 Å². The van der Waals surface area contributed by atoms with Gasteiger partial charge in [-0.2, -0.15) is 0 Å². The summed E-state index contributed by atoms with van der Waals surface area (Å²) in [5, 5.41) is 13.6. The first-order valence-electron chi connectivity index (χ1n) is 8.40. The fourth-order valence-electron chi connectivity index (χ4n) is 2.91. The summed E-state index contributed by atoms with van der Waals surface area (Å²) in [6.45, 7) is 2.50. The second-order valence-electron chi connectivity index (χ2n) is 6.01. The van der Waals surface area contributed by atoms with E-state index in [1.165, 1.54) is 16.7 Å². The third-order valence-electron chi connectivity index (χ3n) is 4.19. The fourth-order valence-corrected chi connectivity index (χ4v) is 2.91. The third-order valence-corrected chi connectivity index (χ3v) is 4.19. The van der Waals surface area contributed by atoms with Crippen molar-refractivity contribution in [3.8, 4) is 5.75 Å². The molecule has 134 valence electrons. The Morgan fingerprint density at radius 3 is 2.54 bits per heavy atom. The molecule has 1 aromatic heterocycles. The van der Waals surface area contributed by atoms with Crippen LogP contribution in [0.2, 0.25) is 0 Å². The van der Waals surface area contributed by atoms with Crippen LogP contribution >= 0.6 is 0 Å². The highest BCUT2D eigenvalue weighted by Gasteiger charge is 2.21. The summed E-state index contributed by atoms with van der Waals surface area (Å²) in [5.74, 6) is -1.35. The lowest BCUT2D eigenvalue weighted by Gasteiger charge is -2.14. The van der Waals surface area contributed by atoms with Crippen molar-refractivity contribution in [2.45, 2.75) is 26.4 Å². The van der Waals surface area contributed by atoms with Crippen LogP contribution in [-0.4, -0.2) is 15.6 Å². The van der Waals surface area contributed by atoms with E-state index in [0.717, 1.165) is 0 Å². The van der Waals surface area contributed by atoms with Crippen LogP contribution in [0.25, 0.3) is 10.9 Å². The van der Waals surface area contributed by atoms with E-state index >= 15 is 0 Å². The maximum absolute atomic E-state index is 13.0. The summed E-state index contributed by atoms with van der Waals surface area (Å²) in [4.78, 5) is 25.4. The standard InChI is InChI=1S/C20H19FN2O3/c1-2-11-23-16-6-4-3-5-15(16)18(24)17(20(23)26)19(25)22-12-13-7-9-14(21)10-8-13/h3-10,24H,2,11-12H2,1H3,(H,22,25). The summed E-state index contributed by atoms with van der Waals surface area (Å²) in [5.41, 5.74) is 0.472. The van der Waals surface area contributed by atoms with Gasteiger partial charge in [-0.1, -0.05) is 31.2 Å². The molecule has 26 heavy (non-hydrogen) atoms. The van der Waals surface area contributed by atoms with Gasteiger partial charge in [0.2, 0.25) is 0 Å². The molecule has 6 heteroatoms. The second-order valence-corrected chi connectivity index (χ2v) is 6.01. The molecule has 1 heterocycles. The number of carbonyl (C=O) groups excluding carboxylic acids is 1. The number of aromatic hydroxyl groups is 1. The largest absolute Gasteiger partial charge is 0.506 e. The average Bonchev–Trinajstić information content (AvgIpc) is 2.65. The zero-order chi connectivity index (χ0) is 18.7. The van der Waals surface area contributed by atoms with Crippen molar-refractivity contribution >= 4 is 16.8 Å². The Balaban J connectivity index is 1.99. The van der Waals surface area contributed by atoms with Crippen molar-refractivity contribution < 1.29 is 14.3 Å². The number of nitrogens with zero attached hydrogens (tertiary/aromatic N) is 1. The molecule has 0 spiro atoms. The molecule has 0 atom stereocenters. The Bertz CT molecular complexity index is 1010. The topological polar surface area (TPSA) is 71.3 Å². The first-order chi connectivity index (χ1) is 12.5. The van der Waals surface area contributed by atoms with Crippen molar-refractivity contribution in [1.29, 1.82) is 0 Å². The molecule has 0 saturated heterocycles. The molecular formula is C20H19FN2O3. The summed E-state index contributed by atoms with van der Waals surface area (Å²) in [7, 11) is 0. The second kappa shape index (κ2) is 7.39. The lowest BCUT2D eigenvalue weighted by atomic mass is 10.1. The van der Waals surface area contributed by atoms with Crippen LogP contribution in [0.5, 0.6) is 5.75 Å². The van der Waals surface area contributed by atoms with Gasteiger partial charge in [-0.25, -0.2) is 4.39 Å². The van der Waals surface area contributed by atoms with Gasteiger partial charge in [0.25, 0.3) is 11.5 Å². The number of nitrogens with one attached hydrogen (secondary N) is 1. The van der Waals surface area contributed by atoms with E-state index in [1.807, 2.05) is 6.92 Å². The van der Waals surface area contributed by atoms with Crippen molar-refractivity contribution in [3.05, 3.63) is 75.8 Å². The average molecular weight is 354 g/mol. The lowest BCUT2D eigenvalue weighted by Crippen LogP contribution is -2.33. The van der Waals surface area contributed by atoms with E-state index in [1.54, 1.807) is 36.4 Å². The summed E-state index contributed by atoms with van der Waals surface area (Å²) in [6.07, 6.45) is 0.714. The van der Waals surface area contributed by atoms with E-state index in [2.05, 4.69) is 5.32 Å². The van der Waals surface area contributed by atoms with Crippen molar-refractivity contribution in [2.24, 2.45) is 0 Å². The van der Waals surface area contributed by atoms with Crippen molar-refractivity contribution in [3.63, 3.8) is 0 Å². The molecule has 0 aliphatic carbocycles. The minimum atomic E-state index is -0.660. The van der Waals surface area contributed by atoms with Gasteiger partial charge in [0.1, 0.15) is 17.1 Å². The number of rotatable bonds is 5. The number of carbonyl (C=O) groups is 1. The van der Waals surface area contributed by atoms with E-state index < -0.39 is 11.5 Å². The highest BCUT2D eigenvalue weighted by molar-refractivity contribution is 6.02. The van der Waals surface area contributed by atoms with E-state index in [0.29, 0.717) is 29.4 Å². The van der Waals surface area contributed by atoms with Gasteiger partial charge in [0.15, 0.2) is 0 Å². The number of aryl methyl sites for hydroxylation is 1. The first-order valence-corrected chi connectivity index (χ1v) is 8.40. The normalized spacial score (nSPS) is 10.8. The quantitative estimate of drug-likeness (QED) is 0.739. The number of hydrogen-bond donors (Lipinski definition) is 2. The molecule has 0 fully saturated rings. The van der Waals surface area contributed by atoms with Crippen molar-refractivity contribution in [2.75, 3.05) is 0 Å². The summed E-state index contributed by atoms with van der Waals surface area (Å²) in [6, 6.07) is 12.6. The van der Waals surface area contributed by atoms with E-state index in [9.17, 15) is 19.1 Å². The van der Waals surface area contributed by atoms with Crippen LogP contribution in [0.4, 0.5) is 4.39 Å². The number of amides is 1. The lowest BCUT2D eigenvalue weighted by molar-refractivity contribution is 0.0946. The fraction of sp³-hybridized carbons (Fsp3) is 0.200. The Morgan fingerprint density at radius 1 is 1.15 bits per heavy atom. The monoisotopic (exact) mass is 354 g/mol. The maximum Gasteiger partial charge on any atom is 0.267 e. The van der Waals surface area contributed by atoms with Gasteiger partial charge < -0.3 is 15.0 Å².